The zero-order chi connectivity index (χ0) is 31.5. The molecule has 0 saturated carbocycles. The maximum absolute atomic E-state index is 16.7. The highest BCUT2D eigenvalue weighted by Crippen LogP contribution is 2.40. The van der Waals surface area contributed by atoms with Crippen LogP contribution in [0.2, 0.25) is 0 Å². The van der Waals surface area contributed by atoms with E-state index in [9.17, 15) is 9.90 Å². The largest absolute Gasteiger partial charge is 0.508 e. The quantitative estimate of drug-likeness (QED) is 0.301. The number of hydrogen-bond donors (Lipinski definition) is 1. The molecular formula is C34H39FN6O4. The molecule has 8 rings (SSSR count). The minimum atomic E-state index is -0.604. The smallest absolute Gasteiger partial charge is 0.410 e. The number of phenols is 1. The Morgan fingerprint density at radius 1 is 1.07 bits per heavy atom. The summed E-state index contributed by atoms with van der Waals surface area (Å²) in [5.74, 6) is -0.0312. The van der Waals surface area contributed by atoms with Gasteiger partial charge in [-0.3, -0.25) is 4.98 Å². The van der Waals surface area contributed by atoms with Crippen LogP contribution in [0.3, 0.4) is 0 Å². The van der Waals surface area contributed by atoms with E-state index in [1.807, 2.05) is 49.9 Å². The number of piperidine rings is 2. The number of carbonyl (C=O) groups is 1. The van der Waals surface area contributed by atoms with Crippen LogP contribution in [0.5, 0.6) is 11.8 Å². The van der Waals surface area contributed by atoms with Gasteiger partial charge in [0.25, 0.3) is 0 Å². The molecule has 4 aromatic rings. The lowest BCUT2D eigenvalue weighted by Gasteiger charge is -2.51. The van der Waals surface area contributed by atoms with Gasteiger partial charge in [0, 0.05) is 36.9 Å². The molecule has 236 valence electrons. The second-order valence-electron chi connectivity index (χ2n) is 13.5. The number of likely N-dealkylation sites (tertiary alicyclic amines) is 1. The molecule has 45 heavy (non-hydrogen) atoms. The third-order valence-corrected chi connectivity index (χ3v) is 9.25. The van der Waals surface area contributed by atoms with E-state index in [2.05, 4.69) is 26.8 Å². The molecule has 0 aliphatic carbocycles. The Morgan fingerprint density at radius 2 is 1.87 bits per heavy atom. The van der Waals surface area contributed by atoms with Gasteiger partial charge in [0.2, 0.25) is 0 Å². The van der Waals surface area contributed by atoms with Gasteiger partial charge in [-0.2, -0.15) is 9.97 Å². The number of likely N-dealkylation sites (N-methyl/N-ethyl adjacent to an activating group) is 1. The van der Waals surface area contributed by atoms with E-state index in [1.54, 1.807) is 12.3 Å². The van der Waals surface area contributed by atoms with Crippen LogP contribution in [0.1, 0.15) is 46.5 Å². The molecule has 3 unspecified atom stereocenters. The van der Waals surface area contributed by atoms with Gasteiger partial charge in [-0.15, -0.1) is 0 Å². The van der Waals surface area contributed by atoms with Gasteiger partial charge in [-0.05, 0) is 83.0 Å². The molecule has 1 N–H and O–H groups in total. The topological polar surface area (TPSA) is 104 Å². The maximum Gasteiger partial charge on any atom is 0.410 e. The van der Waals surface area contributed by atoms with Crippen molar-refractivity contribution in [3.8, 4) is 23.0 Å². The van der Waals surface area contributed by atoms with E-state index in [1.165, 1.54) is 6.07 Å². The molecule has 4 saturated heterocycles. The fourth-order valence-electron chi connectivity index (χ4n) is 6.98. The molecule has 10 nitrogen and oxygen atoms in total. The zero-order valence-corrected chi connectivity index (χ0v) is 26.2. The average Bonchev–Trinajstić information content (AvgIpc) is 3.43. The zero-order valence-electron chi connectivity index (χ0n) is 26.2. The van der Waals surface area contributed by atoms with Crippen molar-refractivity contribution in [2.45, 2.75) is 70.2 Å². The van der Waals surface area contributed by atoms with Crippen molar-refractivity contribution in [2.24, 2.45) is 0 Å². The number of pyridine rings is 1. The Labute approximate surface area is 261 Å². The van der Waals surface area contributed by atoms with Crippen LogP contribution in [0.15, 0.2) is 42.6 Å². The second kappa shape index (κ2) is 11.3. The first kappa shape index (κ1) is 29.5. The Balaban J connectivity index is 1.30. The molecule has 0 spiro atoms. The number of hydrogen-bond acceptors (Lipinski definition) is 9. The maximum atomic E-state index is 16.7. The lowest BCUT2D eigenvalue weighted by Crippen LogP contribution is -2.64. The van der Waals surface area contributed by atoms with Gasteiger partial charge in [-0.1, -0.05) is 24.3 Å². The average molecular weight is 615 g/mol. The molecule has 11 heteroatoms. The third-order valence-electron chi connectivity index (χ3n) is 9.25. The Morgan fingerprint density at radius 3 is 2.60 bits per heavy atom. The Bertz CT molecular complexity index is 1780. The molecule has 6 heterocycles. The second-order valence-corrected chi connectivity index (χ2v) is 13.5. The van der Waals surface area contributed by atoms with Crippen molar-refractivity contribution in [3.05, 3.63) is 48.4 Å². The minimum absolute atomic E-state index is 0.0250. The van der Waals surface area contributed by atoms with Crippen LogP contribution in [0, 0.1) is 5.82 Å². The summed E-state index contributed by atoms with van der Waals surface area (Å²) >= 11 is 0. The number of aromatic nitrogens is 3. The van der Waals surface area contributed by atoms with Gasteiger partial charge in [0.15, 0.2) is 5.82 Å². The van der Waals surface area contributed by atoms with Crippen LogP contribution in [-0.4, -0.2) is 93.0 Å². The van der Waals surface area contributed by atoms with Crippen molar-refractivity contribution in [3.63, 3.8) is 0 Å². The molecule has 2 aromatic heterocycles. The molecule has 1 amide bonds. The first-order valence-electron chi connectivity index (χ1n) is 15.7. The van der Waals surface area contributed by atoms with E-state index >= 15 is 4.39 Å². The van der Waals surface area contributed by atoms with E-state index in [0.29, 0.717) is 36.5 Å². The lowest BCUT2D eigenvalue weighted by atomic mass is 9.91. The highest BCUT2D eigenvalue weighted by Gasteiger charge is 2.44. The number of amides is 1. The molecular weight excluding hydrogens is 575 g/mol. The van der Waals surface area contributed by atoms with Gasteiger partial charge in [0.1, 0.15) is 35.0 Å². The first-order chi connectivity index (χ1) is 21.6. The summed E-state index contributed by atoms with van der Waals surface area (Å²) in [6, 6.07) is 10.9. The van der Waals surface area contributed by atoms with Crippen molar-refractivity contribution in [1.29, 1.82) is 0 Å². The number of anilines is 1. The normalized spacial score (nSPS) is 22.0. The summed E-state index contributed by atoms with van der Waals surface area (Å²) in [6.45, 7) is 8.02. The third kappa shape index (κ3) is 5.58. The van der Waals surface area contributed by atoms with E-state index in [-0.39, 0.29) is 47.2 Å². The number of benzene rings is 2. The number of piperazine rings is 1. The van der Waals surface area contributed by atoms with E-state index < -0.39 is 11.4 Å². The molecule has 0 radical (unpaired) electrons. The van der Waals surface area contributed by atoms with Gasteiger partial charge in [0.05, 0.1) is 11.4 Å². The summed E-state index contributed by atoms with van der Waals surface area (Å²) in [6.07, 6.45) is 5.12. The number of nitrogens with zero attached hydrogens (tertiary/aromatic N) is 6. The van der Waals surface area contributed by atoms with Crippen LogP contribution in [-0.2, 0) is 4.74 Å². The molecule has 2 bridgehead atoms. The van der Waals surface area contributed by atoms with Crippen LogP contribution >= 0.6 is 0 Å². The standard InChI is InChI=1S/C34H39FN6O4/c1-34(2,3)45-33(43)41-18-21-11-12-22(41)17-40(21)31-27-16-36-29(26-15-24(42)14-20-8-5-6-10-25(20)26)28(35)30(27)37-32(38-31)44-19-23-9-7-13-39(23)4/h5-6,8,10,14-16,21-23,42H,7,9,11-13,17-19H2,1-4H3. The Kier molecular flexibility index (Phi) is 7.38. The summed E-state index contributed by atoms with van der Waals surface area (Å²) in [5, 5.41) is 12.5. The SMILES string of the molecule is CN1CCCC1COc1nc(N2CC3CCC2CN3C(=O)OC(C)(C)C)c2cnc(-c3cc(O)cc4ccccc34)c(F)c2n1. The van der Waals surface area contributed by atoms with Crippen molar-refractivity contribution in [1.82, 2.24) is 24.8 Å². The van der Waals surface area contributed by atoms with Gasteiger partial charge >= 0.3 is 12.1 Å². The van der Waals surface area contributed by atoms with E-state index in [4.69, 9.17) is 14.5 Å². The Hall–Kier alpha value is -4.25. The number of fused-ring (bicyclic) bond motifs is 5. The first-order valence-corrected chi connectivity index (χ1v) is 15.7. The number of halogens is 1. The number of rotatable bonds is 5. The number of aromatic hydroxyl groups is 1. The summed E-state index contributed by atoms with van der Waals surface area (Å²) in [7, 11) is 2.08. The van der Waals surface area contributed by atoms with Crippen molar-refractivity contribution < 1.29 is 23.8 Å². The van der Waals surface area contributed by atoms with Gasteiger partial charge in [-0.25, -0.2) is 9.18 Å². The summed E-state index contributed by atoms with van der Waals surface area (Å²) < 4.78 is 28.6. The minimum Gasteiger partial charge on any atom is -0.508 e. The number of phenolic OH excluding ortho intramolecular Hbond substituents is 1. The fourth-order valence-corrected chi connectivity index (χ4v) is 6.98. The van der Waals surface area contributed by atoms with Gasteiger partial charge < -0.3 is 29.3 Å². The number of carbonyl (C=O) groups excluding carboxylic acids is 1. The predicted octanol–water partition coefficient (Wildman–Crippen LogP) is 5.75. The summed E-state index contributed by atoms with van der Waals surface area (Å²) in [5.41, 5.74) is 0.0948. The summed E-state index contributed by atoms with van der Waals surface area (Å²) in [4.78, 5) is 33.3. The fraction of sp³-hybridized carbons (Fsp3) is 0.471. The molecule has 2 aromatic carbocycles. The molecule has 4 fully saturated rings. The highest BCUT2D eigenvalue weighted by atomic mass is 19.1. The van der Waals surface area contributed by atoms with Crippen molar-refractivity contribution >= 4 is 33.6 Å². The monoisotopic (exact) mass is 614 g/mol. The lowest BCUT2D eigenvalue weighted by molar-refractivity contribution is 0.000794. The highest BCUT2D eigenvalue weighted by molar-refractivity contribution is 6.00. The molecule has 3 atom stereocenters. The van der Waals surface area contributed by atoms with Crippen LogP contribution in [0.25, 0.3) is 32.9 Å². The van der Waals surface area contributed by atoms with Crippen LogP contribution < -0.4 is 9.64 Å². The van der Waals surface area contributed by atoms with E-state index in [0.717, 1.165) is 43.0 Å². The number of ether oxygens (including phenoxy) is 2. The van der Waals surface area contributed by atoms with Crippen molar-refractivity contribution in [2.75, 3.05) is 38.2 Å². The van der Waals surface area contributed by atoms with Crippen LogP contribution in [0.4, 0.5) is 15.0 Å². The predicted molar refractivity (Wildman–Crippen MR) is 170 cm³/mol. The molecule has 4 aliphatic rings. The molecule has 4 aliphatic heterocycles.